The number of rotatable bonds is 2. The molecule has 0 saturated heterocycles. The molecule has 1 heterocycles. The Hall–Kier alpha value is -1.03. The molecule has 19 heavy (non-hydrogen) atoms. The zero-order chi connectivity index (χ0) is 13.5. The predicted molar refractivity (Wildman–Crippen MR) is 76.0 cm³/mol. The lowest BCUT2D eigenvalue weighted by atomic mass is 9.81. The topological polar surface area (TPSA) is 35.5 Å². The Bertz CT molecular complexity index is 518. The molecule has 3 nitrogen and oxygen atoms in total. The van der Waals surface area contributed by atoms with Gasteiger partial charge in [-0.25, -0.2) is 0 Å². The maximum absolute atomic E-state index is 12.7. The van der Waals surface area contributed by atoms with Crippen LogP contribution in [0.15, 0.2) is 16.6 Å². The Morgan fingerprint density at radius 2 is 1.74 bits per heavy atom. The molecule has 0 aromatic heterocycles. The van der Waals surface area contributed by atoms with Crippen LogP contribution in [0.1, 0.15) is 43.0 Å². The zero-order valence-electron chi connectivity index (χ0n) is 11.0. The SMILES string of the molecule is CC1(C(=O)c2cc3c(cc2Br)OCCO3)CCCC1. The summed E-state index contributed by atoms with van der Waals surface area (Å²) in [5.74, 6) is 1.61. The van der Waals surface area contributed by atoms with Crippen LogP contribution in [0.5, 0.6) is 11.5 Å². The molecule has 3 rings (SSSR count). The molecule has 1 aliphatic heterocycles. The molecule has 0 unspecified atom stereocenters. The number of halogens is 1. The minimum atomic E-state index is -0.216. The van der Waals surface area contributed by atoms with E-state index in [1.54, 1.807) is 0 Å². The molecule has 1 fully saturated rings. The van der Waals surface area contributed by atoms with Gasteiger partial charge in [0.2, 0.25) is 0 Å². The van der Waals surface area contributed by atoms with Crippen LogP contribution in [0.25, 0.3) is 0 Å². The molecular formula is C15H17BrO3. The molecule has 1 aromatic rings. The molecule has 0 atom stereocenters. The molecule has 1 aliphatic carbocycles. The van der Waals surface area contributed by atoms with E-state index in [1.807, 2.05) is 12.1 Å². The lowest BCUT2D eigenvalue weighted by Gasteiger charge is -2.24. The fourth-order valence-corrected chi connectivity index (χ4v) is 3.45. The van der Waals surface area contributed by atoms with Crippen molar-refractivity contribution in [3.63, 3.8) is 0 Å². The molecular weight excluding hydrogens is 308 g/mol. The first-order chi connectivity index (χ1) is 9.10. The number of hydrogen-bond donors (Lipinski definition) is 0. The standard InChI is InChI=1S/C15H17BrO3/c1-15(4-2-3-5-15)14(17)10-8-12-13(9-11(10)16)19-7-6-18-12/h8-9H,2-7H2,1H3. The molecule has 0 N–H and O–H groups in total. The summed E-state index contributed by atoms with van der Waals surface area (Å²) in [6, 6.07) is 3.67. The summed E-state index contributed by atoms with van der Waals surface area (Å²) >= 11 is 3.49. The number of carbonyl (C=O) groups excluding carboxylic acids is 1. The number of benzene rings is 1. The van der Waals surface area contributed by atoms with Gasteiger partial charge in [-0.05, 0) is 40.9 Å². The van der Waals surface area contributed by atoms with E-state index in [4.69, 9.17) is 9.47 Å². The van der Waals surface area contributed by atoms with Gasteiger partial charge in [-0.1, -0.05) is 19.8 Å². The van der Waals surface area contributed by atoms with E-state index in [1.165, 1.54) is 0 Å². The van der Waals surface area contributed by atoms with Crippen molar-refractivity contribution in [3.05, 3.63) is 22.2 Å². The van der Waals surface area contributed by atoms with Gasteiger partial charge >= 0.3 is 0 Å². The Morgan fingerprint density at radius 3 is 2.37 bits per heavy atom. The van der Waals surface area contributed by atoms with E-state index >= 15 is 0 Å². The van der Waals surface area contributed by atoms with Gasteiger partial charge in [0.15, 0.2) is 17.3 Å². The molecule has 1 aromatic carbocycles. The highest BCUT2D eigenvalue weighted by Crippen LogP contribution is 2.43. The molecule has 1 saturated carbocycles. The van der Waals surface area contributed by atoms with Gasteiger partial charge in [-0.15, -0.1) is 0 Å². The average molecular weight is 325 g/mol. The van der Waals surface area contributed by atoms with Gasteiger partial charge in [0.1, 0.15) is 13.2 Å². The fourth-order valence-electron chi connectivity index (χ4n) is 2.95. The van der Waals surface area contributed by atoms with Crippen molar-refractivity contribution in [3.8, 4) is 11.5 Å². The maximum atomic E-state index is 12.7. The summed E-state index contributed by atoms with van der Waals surface area (Å²) in [7, 11) is 0. The van der Waals surface area contributed by atoms with Crippen LogP contribution < -0.4 is 9.47 Å². The van der Waals surface area contributed by atoms with Gasteiger partial charge in [0, 0.05) is 15.5 Å². The molecule has 2 aliphatic rings. The van der Waals surface area contributed by atoms with E-state index < -0.39 is 0 Å². The first-order valence-electron chi connectivity index (χ1n) is 6.74. The third kappa shape index (κ3) is 2.27. The summed E-state index contributed by atoms with van der Waals surface area (Å²) in [5.41, 5.74) is 0.500. The molecule has 0 bridgehead atoms. The maximum Gasteiger partial charge on any atom is 0.169 e. The molecule has 102 valence electrons. The Morgan fingerprint density at radius 1 is 1.16 bits per heavy atom. The largest absolute Gasteiger partial charge is 0.486 e. The Labute approximate surface area is 121 Å². The molecule has 0 amide bonds. The first kappa shape index (κ1) is 13.0. The Balaban J connectivity index is 1.98. The predicted octanol–water partition coefficient (Wildman–Crippen LogP) is 3.98. The van der Waals surface area contributed by atoms with E-state index in [9.17, 15) is 4.79 Å². The summed E-state index contributed by atoms with van der Waals surface area (Å²) in [5, 5.41) is 0. The third-order valence-corrected chi connectivity index (χ3v) is 4.79. The van der Waals surface area contributed by atoms with Crippen LogP contribution in [0.4, 0.5) is 0 Å². The monoisotopic (exact) mass is 324 g/mol. The molecule has 4 heteroatoms. The van der Waals surface area contributed by atoms with Crippen LogP contribution >= 0.6 is 15.9 Å². The minimum Gasteiger partial charge on any atom is -0.486 e. The van der Waals surface area contributed by atoms with Crippen LogP contribution in [0.2, 0.25) is 0 Å². The van der Waals surface area contributed by atoms with E-state index in [-0.39, 0.29) is 11.2 Å². The summed E-state index contributed by atoms with van der Waals surface area (Å²) in [6.45, 7) is 3.18. The van der Waals surface area contributed by atoms with Gasteiger partial charge in [-0.3, -0.25) is 4.79 Å². The number of carbonyl (C=O) groups is 1. The van der Waals surface area contributed by atoms with Crippen LogP contribution in [-0.4, -0.2) is 19.0 Å². The van der Waals surface area contributed by atoms with Crippen molar-refractivity contribution in [2.75, 3.05) is 13.2 Å². The van der Waals surface area contributed by atoms with E-state index in [0.29, 0.717) is 30.3 Å². The number of fused-ring (bicyclic) bond motifs is 1. The summed E-state index contributed by atoms with van der Waals surface area (Å²) in [6.07, 6.45) is 4.24. The second-order valence-electron chi connectivity index (χ2n) is 5.57. The summed E-state index contributed by atoms with van der Waals surface area (Å²) < 4.78 is 11.9. The number of Topliss-reactive ketones (excluding diaryl/α,β-unsaturated/α-hetero) is 1. The highest BCUT2D eigenvalue weighted by atomic mass is 79.9. The number of hydrogen-bond acceptors (Lipinski definition) is 3. The summed E-state index contributed by atoms with van der Waals surface area (Å²) in [4.78, 5) is 12.7. The highest BCUT2D eigenvalue weighted by molar-refractivity contribution is 9.10. The third-order valence-electron chi connectivity index (χ3n) is 4.13. The minimum absolute atomic E-state index is 0.216. The lowest BCUT2D eigenvalue weighted by Crippen LogP contribution is -2.25. The van der Waals surface area contributed by atoms with Gasteiger partial charge in [0.05, 0.1) is 0 Å². The van der Waals surface area contributed by atoms with Crippen molar-refractivity contribution < 1.29 is 14.3 Å². The molecule has 0 radical (unpaired) electrons. The van der Waals surface area contributed by atoms with Crippen LogP contribution in [-0.2, 0) is 0 Å². The number of ketones is 1. The smallest absolute Gasteiger partial charge is 0.169 e. The Kier molecular flexibility index (Phi) is 3.29. The van der Waals surface area contributed by atoms with Crippen molar-refractivity contribution >= 4 is 21.7 Å². The molecule has 0 spiro atoms. The van der Waals surface area contributed by atoms with Crippen molar-refractivity contribution in [2.45, 2.75) is 32.6 Å². The second-order valence-corrected chi connectivity index (χ2v) is 6.43. The first-order valence-corrected chi connectivity index (χ1v) is 7.53. The average Bonchev–Trinajstić information content (AvgIpc) is 2.85. The zero-order valence-corrected chi connectivity index (χ0v) is 12.6. The number of ether oxygens (including phenoxy) is 2. The van der Waals surface area contributed by atoms with E-state index in [2.05, 4.69) is 22.9 Å². The van der Waals surface area contributed by atoms with Gasteiger partial charge < -0.3 is 9.47 Å². The fraction of sp³-hybridized carbons (Fsp3) is 0.533. The van der Waals surface area contributed by atoms with Gasteiger partial charge in [-0.2, -0.15) is 0 Å². The van der Waals surface area contributed by atoms with Crippen LogP contribution in [0.3, 0.4) is 0 Å². The van der Waals surface area contributed by atoms with Crippen molar-refractivity contribution in [1.82, 2.24) is 0 Å². The van der Waals surface area contributed by atoms with Gasteiger partial charge in [0.25, 0.3) is 0 Å². The van der Waals surface area contributed by atoms with E-state index in [0.717, 1.165) is 30.2 Å². The van der Waals surface area contributed by atoms with Crippen LogP contribution in [0, 0.1) is 5.41 Å². The van der Waals surface area contributed by atoms with Crippen molar-refractivity contribution in [2.24, 2.45) is 5.41 Å². The van der Waals surface area contributed by atoms with Crippen molar-refractivity contribution in [1.29, 1.82) is 0 Å². The second kappa shape index (κ2) is 4.82. The quantitative estimate of drug-likeness (QED) is 0.772. The normalized spacial score (nSPS) is 20.3. The highest BCUT2D eigenvalue weighted by Gasteiger charge is 2.38. The lowest BCUT2D eigenvalue weighted by molar-refractivity contribution is 0.0821.